The molecule has 0 aromatic rings. The van der Waals surface area contributed by atoms with Crippen molar-refractivity contribution in [1.82, 2.24) is 4.90 Å². The van der Waals surface area contributed by atoms with E-state index in [9.17, 15) is 5.11 Å². The minimum atomic E-state index is -0.505. The topological polar surface area (TPSA) is 43.7 Å². The van der Waals surface area contributed by atoms with Crippen LogP contribution in [0.5, 0.6) is 0 Å². The maximum absolute atomic E-state index is 9.54. The summed E-state index contributed by atoms with van der Waals surface area (Å²) >= 11 is 0. The van der Waals surface area contributed by atoms with Gasteiger partial charge in [-0.15, -0.1) is 0 Å². The Labute approximate surface area is 68.6 Å². The zero-order valence-corrected chi connectivity index (χ0v) is 7.62. The van der Waals surface area contributed by atoms with E-state index in [-0.39, 0.29) is 12.5 Å². The van der Waals surface area contributed by atoms with Crippen molar-refractivity contribution >= 4 is 0 Å². The molecule has 0 aliphatic rings. The van der Waals surface area contributed by atoms with E-state index in [1.54, 1.807) is 0 Å². The average molecular weight is 161 g/mol. The predicted octanol–water partition coefficient (Wildman–Crippen LogP) is 0.275. The molecule has 0 aliphatic heterocycles. The van der Waals surface area contributed by atoms with Gasteiger partial charge in [0.25, 0.3) is 0 Å². The van der Waals surface area contributed by atoms with Gasteiger partial charge in [0.1, 0.15) is 6.23 Å². The van der Waals surface area contributed by atoms with Crippen molar-refractivity contribution in [2.75, 3.05) is 19.7 Å². The Hall–Kier alpha value is -0.120. The Kier molecular flexibility index (Phi) is 5.46. The van der Waals surface area contributed by atoms with Crippen molar-refractivity contribution in [3.63, 3.8) is 0 Å². The van der Waals surface area contributed by atoms with Gasteiger partial charge in [-0.25, -0.2) is 0 Å². The minimum absolute atomic E-state index is 0.0394. The van der Waals surface area contributed by atoms with Crippen LogP contribution >= 0.6 is 0 Å². The second-order valence-corrected chi connectivity index (χ2v) is 2.79. The molecule has 3 nitrogen and oxygen atoms in total. The Morgan fingerprint density at radius 2 is 1.73 bits per heavy atom. The normalized spacial score (nSPS) is 16.9. The third-order valence-corrected chi connectivity index (χ3v) is 1.98. The molecule has 0 saturated carbocycles. The van der Waals surface area contributed by atoms with Crippen molar-refractivity contribution < 1.29 is 10.2 Å². The molecule has 3 heteroatoms. The molecule has 0 aromatic carbocycles. The Morgan fingerprint density at radius 1 is 1.27 bits per heavy atom. The molecule has 68 valence electrons. The van der Waals surface area contributed by atoms with E-state index in [4.69, 9.17) is 5.11 Å². The molecule has 2 unspecified atom stereocenters. The first-order chi connectivity index (χ1) is 5.17. The summed E-state index contributed by atoms with van der Waals surface area (Å²) in [5.74, 6) is -0.0603. The van der Waals surface area contributed by atoms with Gasteiger partial charge in [-0.1, -0.05) is 20.8 Å². The van der Waals surface area contributed by atoms with Crippen LogP contribution < -0.4 is 0 Å². The molecule has 0 spiro atoms. The van der Waals surface area contributed by atoms with Gasteiger partial charge >= 0.3 is 0 Å². The number of hydrogen-bond donors (Lipinski definition) is 2. The summed E-state index contributed by atoms with van der Waals surface area (Å²) < 4.78 is 0. The Balaban J connectivity index is 3.86. The molecule has 0 radical (unpaired) electrons. The van der Waals surface area contributed by atoms with Gasteiger partial charge in [-0.2, -0.15) is 0 Å². The highest BCUT2D eigenvalue weighted by atomic mass is 16.3. The maximum atomic E-state index is 9.54. The first kappa shape index (κ1) is 10.9. The summed E-state index contributed by atoms with van der Waals surface area (Å²) in [6.07, 6.45) is -0.505. The van der Waals surface area contributed by atoms with Crippen LogP contribution in [0.15, 0.2) is 0 Å². The van der Waals surface area contributed by atoms with Crippen molar-refractivity contribution in [2.24, 2.45) is 5.92 Å². The van der Waals surface area contributed by atoms with Crippen LogP contribution in [0.1, 0.15) is 20.8 Å². The van der Waals surface area contributed by atoms with Crippen LogP contribution in [0.25, 0.3) is 0 Å². The van der Waals surface area contributed by atoms with Crippen molar-refractivity contribution in [3.05, 3.63) is 0 Å². The zero-order chi connectivity index (χ0) is 8.85. The molecule has 0 bridgehead atoms. The number of aliphatic hydroxyl groups is 2. The Morgan fingerprint density at radius 3 is 2.00 bits per heavy atom. The molecule has 0 aliphatic carbocycles. The van der Waals surface area contributed by atoms with E-state index in [0.717, 1.165) is 13.1 Å². The summed E-state index contributed by atoms with van der Waals surface area (Å²) in [6.45, 7) is 7.51. The quantitative estimate of drug-likeness (QED) is 0.569. The summed E-state index contributed by atoms with van der Waals surface area (Å²) in [4.78, 5) is 1.92. The van der Waals surface area contributed by atoms with E-state index < -0.39 is 6.23 Å². The molecule has 2 N–H and O–H groups in total. The fourth-order valence-corrected chi connectivity index (χ4v) is 1.05. The highest BCUT2D eigenvalue weighted by Crippen LogP contribution is 2.06. The third kappa shape index (κ3) is 3.18. The van der Waals surface area contributed by atoms with Gasteiger partial charge in [0.2, 0.25) is 0 Å². The number of rotatable bonds is 5. The van der Waals surface area contributed by atoms with Crippen LogP contribution in [0.3, 0.4) is 0 Å². The second-order valence-electron chi connectivity index (χ2n) is 2.79. The van der Waals surface area contributed by atoms with E-state index in [1.165, 1.54) is 0 Å². The highest BCUT2D eigenvalue weighted by molar-refractivity contribution is 4.63. The monoisotopic (exact) mass is 161 g/mol. The molecule has 0 fully saturated rings. The lowest BCUT2D eigenvalue weighted by Gasteiger charge is -2.28. The van der Waals surface area contributed by atoms with Gasteiger partial charge in [-0.3, -0.25) is 4.90 Å². The molecule has 0 saturated heterocycles. The largest absolute Gasteiger partial charge is 0.396 e. The first-order valence-corrected chi connectivity index (χ1v) is 4.20. The van der Waals surface area contributed by atoms with Gasteiger partial charge in [0, 0.05) is 12.5 Å². The lowest BCUT2D eigenvalue weighted by molar-refractivity contribution is -0.0442. The lowest BCUT2D eigenvalue weighted by Crippen LogP contribution is -2.40. The van der Waals surface area contributed by atoms with Crippen LogP contribution in [-0.2, 0) is 0 Å². The van der Waals surface area contributed by atoms with E-state index in [1.807, 2.05) is 25.7 Å². The fraction of sp³-hybridized carbons (Fsp3) is 1.00. The van der Waals surface area contributed by atoms with Crippen LogP contribution in [0.2, 0.25) is 0 Å². The molecule has 0 aromatic heterocycles. The molecule has 11 heavy (non-hydrogen) atoms. The summed E-state index contributed by atoms with van der Waals surface area (Å²) in [6, 6.07) is 0. The average Bonchev–Trinajstić information content (AvgIpc) is 2.05. The second kappa shape index (κ2) is 5.52. The van der Waals surface area contributed by atoms with E-state index in [2.05, 4.69) is 0 Å². The van der Waals surface area contributed by atoms with Gasteiger partial charge in [0.15, 0.2) is 0 Å². The molecule has 2 atom stereocenters. The van der Waals surface area contributed by atoms with Gasteiger partial charge < -0.3 is 10.2 Å². The van der Waals surface area contributed by atoms with Crippen LogP contribution in [0.4, 0.5) is 0 Å². The van der Waals surface area contributed by atoms with Crippen molar-refractivity contribution in [3.8, 4) is 0 Å². The van der Waals surface area contributed by atoms with E-state index in [0.29, 0.717) is 0 Å². The Bertz CT molecular complexity index is 94.1. The molecular weight excluding hydrogens is 142 g/mol. The molecule has 0 rings (SSSR count). The predicted molar refractivity (Wildman–Crippen MR) is 45.2 cm³/mol. The van der Waals surface area contributed by atoms with Crippen molar-refractivity contribution in [2.45, 2.75) is 27.0 Å². The number of aliphatic hydroxyl groups excluding tert-OH is 2. The summed E-state index contributed by atoms with van der Waals surface area (Å²) in [7, 11) is 0. The number of nitrogens with zero attached hydrogens (tertiary/aromatic N) is 1. The standard InChI is InChI=1S/C8H19NO2/c1-4-9(5-2)8(11)7(3)6-10/h7-8,10-11H,4-6H2,1-3H3. The minimum Gasteiger partial charge on any atom is -0.396 e. The fourth-order valence-electron chi connectivity index (χ4n) is 1.05. The lowest BCUT2D eigenvalue weighted by atomic mass is 10.1. The van der Waals surface area contributed by atoms with Gasteiger partial charge in [0.05, 0.1) is 0 Å². The van der Waals surface area contributed by atoms with Gasteiger partial charge in [-0.05, 0) is 13.1 Å². The first-order valence-electron chi connectivity index (χ1n) is 4.20. The zero-order valence-electron chi connectivity index (χ0n) is 7.62. The molecule has 0 heterocycles. The third-order valence-electron chi connectivity index (χ3n) is 1.98. The molecule has 0 amide bonds. The summed E-state index contributed by atoms with van der Waals surface area (Å²) in [5, 5.41) is 18.3. The van der Waals surface area contributed by atoms with E-state index >= 15 is 0 Å². The number of hydrogen-bond acceptors (Lipinski definition) is 3. The van der Waals surface area contributed by atoms with Crippen LogP contribution in [0, 0.1) is 5.92 Å². The summed E-state index contributed by atoms with van der Waals surface area (Å²) in [5.41, 5.74) is 0. The smallest absolute Gasteiger partial charge is 0.112 e. The van der Waals surface area contributed by atoms with Crippen molar-refractivity contribution in [1.29, 1.82) is 0 Å². The highest BCUT2D eigenvalue weighted by Gasteiger charge is 2.18. The maximum Gasteiger partial charge on any atom is 0.112 e. The van der Waals surface area contributed by atoms with Crippen LogP contribution in [-0.4, -0.2) is 41.0 Å². The molecular formula is C8H19NO2. The SMILES string of the molecule is CCN(CC)C(O)C(C)CO.